The number of esters is 1. The summed E-state index contributed by atoms with van der Waals surface area (Å²) in [6, 6.07) is -0.824. The first-order chi connectivity index (χ1) is 16.1. The quantitative estimate of drug-likeness (QED) is 0.303. The molecule has 1 aromatic heterocycles. The Morgan fingerprint density at radius 2 is 1.88 bits per heavy atom. The van der Waals surface area contributed by atoms with E-state index < -0.39 is 42.2 Å². The van der Waals surface area contributed by atoms with E-state index in [9.17, 15) is 24.6 Å². The van der Waals surface area contributed by atoms with Crippen LogP contribution in [-0.2, 0) is 19.1 Å². The number of nitrogens with zero attached hydrogens (tertiary/aromatic N) is 3. The number of aromatic nitrogens is 3. The van der Waals surface area contributed by atoms with Crippen molar-refractivity contribution in [3.63, 3.8) is 0 Å². The monoisotopic (exact) mass is 483 g/mol. The van der Waals surface area contributed by atoms with Gasteiger partial charge in [0.25, 0.3) is 0 Å². The maximum Gasteiger partial charge on any atom is 0.368 e. The first-order valence-electron chi connectivity index (χ1n) is 11.8. The lowest BCUT2D eigenvalue weighted by atomic mass is 9.97. The zero-order valence-corrected chi connectivity index (χ0v) is 20.2. The zero-order valence-electron chi connectivity index (χ0n) is 20.2. The van der Waals surface area contributed by atoms with Gasteiger partial charge >= 0.3 is 11.7 Å². The fourth-order valence-electron chi connectivity index (χ4n) is 3.73. The van der Waals surface area contributed by atoms with Gasteiger partial charge in [0.1, 0.15) is 31.0 Å². The van der Waals surface area contributed by atoms with Crippen LogP contribution in [0.5, 0.6) is 0 Å². The van der Waals surface area contributed by atoms with E-state index >= 15 is 0 Å². The highest BCUT2D eigenvalue weighted by Crippen LogP contribution is 2.28. The summed E-state index contributed by atoms with van der Waals surface area (Å²) in [5, 5.41) is 27.2. The largest absolute Gasteiger partial charge is 0.462 e. The Balaban J connectivity index is 2.05. The van der Waals surface area contributed by atoms with E-state index in [1.54, 1.807) is 0 Å². The van der Waals surface area contributed by atoms with Gasteiger partial charge in [0.15, 0.2) is 12.0 Å². The number of aliphatic hydroxyl groups excluding tert-OH is 2. The van der Waals surface area contributed by atoms with Crippen molar-refractivity contribution in [2.24, 2.45) is 17.6 Å². The van der Waals surface area contributed by atoms with Crippen molar-refractivity contribution in [3.05, 3.63) is 16.7 Å². The highest BCUT2D eigenvalue weighted by atomic mass is 16.6. The second-order valence-electron chi connectivity index (χ2n) is 8.72. The Hall–Kier alpha value is -2.41. The van der Waals surface area contributed by atoms with Crippen molar-refractivity contribution < 1.29 is 29.3 Å². The minimum absolute atomic E-state index is 0.0130. The molecule has 0 aliphatic carbocycles. The van der Waals surface area contributed by atoms with Crippen LogP contribution >= 0.6 is 0 Å². The van der Waals surface area contributed by atoms with Crippen molar-refractivity contribution in [1.29, 1.82) is 0 Å². The average Bonchev–Trinajstić information content (AvgIpc) is 3.09. The first-order valence-corrected chi connectivity index (χ1v) is 11.8. The summed E-state index contributed by atoms with van der Waals surface area (Å²) >= 11 is 0. The van der Waals surface area contributed by atoms with Crippen LogP contribution in [0.4, 0.5) is 5.82 Å². The van der Waals surface area contributed by atoms with Crippen LogP contribution in [0.2, 0.25) is 0 Å². The van der Waals surface area contributed by atoms with Crippen LogP contribution in [0, 0.1) is 11.8 Å². The van der Waals surface area contributed by atoms with Gasteiger partial charge in [-0.1, -0.05) is 47.0 Å². The molecule has 192 valence electrons. The van der Waals surface area contributed by atoms with Gasteiger partial charge in [0.05, 0.1) is 6.20 Å². The van der Waals surface area contributed by atoms with Gasteiger partial charge in [-0.2, -0.15) is 14.8 Å². The van der Waals surface area contributed by atoms with Gasteiger partial charge in [-0.15, -0.1) is 0 Å². The lowest BCUT2D eigenvalue weighted by Crippen LogP contribution is -2.41. The van der Waals surface area contributed by atoms with Gasteiger partial charge < -0.3 is 30.7 Å². The van der Waals surface area contributed by atoms with E-state index in [0.717, 1.165) is 30.4 Å². The molecule has 1 fully saturated rings. The van der Waals surface area contributed by atoms with Crippen LogP contribution in [0.1, 0.15) is 66.0 Å². The summed E-state index contributed by atoms with van der Waals surface area (Å²) in [5.74, 6) is -1.18. The highest BCUT2D eigenvalue weighted by molar-refractivity contribution is 5.91. The smallest absolute Gasteiger partial charge is 0.368 e. The molecule has 34 heavy (non-hydrogen) atoms. The number of nitrogens with two attached hydrogens (primary N) is 1. The Kier molecular flexibility index (Phi) is 10.5. The van der Waals surface area contributed by atoms with E-state index in [-0.39, 0.29) is 30.2 Å². The van der Waals surface area contributed by atoms with E-state index in [1.165, 1.54) is 6.20 Å². The lowest BCUT2D eigenvalue weighted by Gasteiger charge is -2.19. The molecule has 12 nitrogen and oxygen atoms in total. The SMILES string of the molecule is CCCC(CCC)C(=O)Nc1cnn([C@@H]2O[C@H](COC(=O)[C@@H](N)[C@@H](C)CC)[C@H](O)[C@@H]2O)c(=O)n1. The molecule has 1 aliphatic rings. The number of carbonyl (C=O) groups is 2. The molecule has 1 aromatic rings. The van der Waals surface area contributed by atoms with E-state index in [0.29, 0.717) is 6.42 Å². The van der Waals surface area contributed by atoms with Crippen LogP contribution in [0.15, 0.2) is 11.0 Å². The molecule has 12 heteroatoms. The molecule has 5 N–H and O–H groups in total. The number of ether oxygens (including phenoxy) is 2. The summed E-state index contributed by atoms with van der Waals surface area (Å²) < 4.78 is 11.5. The zero-order chi connectivity index (χ0) is 25.4. The number of carbonyl (C=O) groups excluding carboxylic acids is 2. The summed E-state index contributed by atoms with van der Waals surface area (Å²) in [4.78, 5) is 40.9. The third kappa shape index (κ3) is 6.81. The van der Waals surface area contributed by atoms with Gasteiger partial charge in [-0.05, 0) is 18.8 Å². The standard InChI is InChI=1S/C22H37N5O7/c1-5-8-13(9-6-2)19(30)25-15-10-24-27(22(32)26-15)20-18(29)17(28)14(34-20)11-33-21(31)16(23)12(4)7-3/h10,12-14,16-18,20,28-29H,5-9,11,23H2,1-4H3,(H,25,26,30,32)/t12-,14+,16-,17-,18-,20+/m0/s1. The van der Waals surface area contributed by atoms with Crippen molar-refractivity contribution >= 4 is 17.7 Å². The van der Waals surface area contributed by atoms with E-state index in [2.05, 4.69) is 15.4 Å². The van der Waals surface area contributed by atoms with Crippen LogP contribution in [-0.4, -0.2) is 67.8 Å². The Bertz CT molecular complexity index is 873. The maximum atomic E-state index is 12.5. The predicted molar refractivity (Wildman–Crippen MR) is 123 cm³/mol. The van der Waals surface area contributed by atoms with Crippen LogP contribution in [0.25, 0.3) is 0 Å². The van der Waals surface area contributed by atoms with Gasteiger partial charge in [-0.25, -0.2) is 4.79 Å². The number of hydrogen-bond donors (Lipinski definition) is 4. The molecule has 0 bridgehead atoms. The van der Waals surface area contributed by atoms with Gasteiger partial charge in [-0.3, -0.25) is 9.59 Å². The van der Waals surface area contributed by atoms with Crippen molar-refractivity contribution in [2.75, 3.05) is 11.9 Å². The maximum absolute atomic E-state index is 12.5. The number of amides is 1. The van der Waals surface area contributed by atoms with Crippen molar-refractivity contribution in [1.82, 2.24) is 14.8 Å². The molecule has 2 rings (SSSR count). The third-order valence-electron chi connectivity index (χ3n) is 6.11. The number of nitrogens with one attached hydrogen (secondary N) is 1. The molecule has 0 spiro atoms. The van der Waals surface area contributed by atoms with Gasteiger partial charge in [0, 0.05) is 5.92 Å². The fraction of sp³-hybridized carbons (Fsp3) is 0.773. The van der Waals surface area contributed by atoms with Crippen molar-refractivity contribution in [2.45, 2.75) is 90.4 Å². The van der Waals surface area contributed by atoms with E-state index in [4.69, 9.17) is 15.2 Å². The molecule has 0 unspecified atom stereocenters. The predicted octanol–water partition coefficient (Wildman–Crippen LogP) is 0.329. The minimum Gasteiger partial charge on any atom is -0.462 e. The summed E-state index contributed by atoms with van der Waals surface area (Å²) in [5.41, 5.74) is 4.95. The molecule has 0 saturated carbocycles. The summed E-state index contributed by atoms with van der Waals surface area (Å²) in [7, 11) is 0. The fourth-order valence-corrected chi connectivity index (χ4v) is 3.73. The number of anilines is 1. The Labute approximate surface area is 198 Å². The highest BCUT2D eigenvalue weighted by Gasteiger charge is 2.45. The summed E-state index contributed by atoms with van der Waals surface area (Å²) in [6.45, 7) is 7.34. The molecule has 1 aliphatic heterocycles. The molecule has 1 saturated heterocycles. The van der Waals surface area contributed by atoms with Crippen LogP contribution < -0.4 is 16.7 Å². The molecule has 1 amide bonds. The minimum atomic E-state index is -1.52. The molecular formula is C22H37N5O7. The molecular weight excluding hydrogens is 446 g/mol. The first kappa shape index (κ1) is 27.8. The molecule has 0 aromatic carbocycles. The summed E-state index contributed by atoms with van der Waals surface area (Å²) in [6.07, 6.45) is -0.381. The second kappa shape index (κ2) is 12.9. The van der Waals surface area contributed by atoms with Gasteiger partial charge in [0.2, 0.25) is 5.91 Å². The average molecular weight is 484 g/mol. The molecule has 0 radical (unpaired) electrons. The van der Waals surface area contributed by atoms with Crippen LogP contribution in [0.3, 0.4) is 0 Å². The normalized spacial score (nSPS) is 24.1. The molecule has 6 atom stereocenters. The Morgan fingerprint density at radius 3 is 2.44 bits per heavy atom. The third-order valence-corrected chi connectivity index (χ3v) is 6.11. The number of rotatable bonds is 12. The van der Waals surface area contributed by atoms with Crippen molar-refractivity contribution in [3.8, 4) is 0 Å². The number of aliphatic hydroxyl groups is 2. The number of hydrogen-bond acceptors (Lipinski definition) is 10. The topological polar surface area (TPSA) is 179 Å². The Morgan fingerprint density at radius 1 is 1.24 bits per heavy atom. The molecule has 2 heterocycles. The van der Waals surface area contributed by atoms with E-state index in [1.807, 2.05) is 27.7 Å². The lowest BCUT2D eigenvalue weighted by molar-refractivity contribution is -0.153. The second-order valence-corrected chi connectivity index (χ2v) is 8.72.